The fourth-order valence-corrected chi connectivity index (χ4v) is 3.16. The van der Waals surface area contributed by atoms with E-state index in [1.807, 2.05) is 12.1 Å². The van der Waals surface area contributed by atoms with Crippen LogP contribution >= 0.6 is 0 Å². The van der Waals surface area contributed by atoms with Crippen molar-refractivity contribution >= 4 is 23.1 Å². The highest BCUT2D eigenvalue weighted by atomic mass is 16.5. The van der Waals surface area contributed by atoms with E-state index in [9.17, 15) is 4.79 Å². The number of ether oxygens (including phenoxy) is 1. The smallest absolute Gasteiger partial charge is 0.270 e. The molecule has 3 rings (SSSR count). The number of carbonyl (C=O) groups excluding carboxylic acids is 1. The molecule has 27 heavy (non-hydrogen) atoms. The Balaban J connectivity index is 1.66. The van der Waals surface area contributed by atoms with Crippen LogP contribution in [0.2, 0.25) is 0 Å². The molecular formula is C20H27N5O2. The molecule has 1 aliphatic rings. The van der Waals surface area contributed by atoms with Gasteiger partial charge in [0.2, 0.25) is 0 Å². The molecule has 0 spiro atoms. The quantitative estimate of drug-likeness (QED) is 0.731. The van der Waals surface area contributed by atoms with Crippen molar-refractivity contribution in [3.63, 3.8) is 0 Å². The lowest BCUT2D eigenvalue weighted by Gasteiger charge is -2.28. The number of rotatable bonds is 7. The Hall–Kier alpha value is -2.67. The molecule has 2 N–H and O–H groups in total. The normalized spacial score (nSPS) is 14.1. The van der Waals surface area contributed by atoms with Crippen molar-refractivity contribution in [2.75, 3.05) is 43.6 Å². The Morgan fingerprint density at radius 1 is 1.15 bits per heavy atom. The van der Waals surface area contributed by atoms with Crippen LogP contribution < -0.4 is 15.5 Å². The lowest BCUT2D eigenvalue weighted by molar-refractivity contribution is 0.0931. The lowest BCUT2D eigenvalue weighted by Crippen LogP contribution is -2.29. The molecule has 1 fully saturated rings. The number of methoxy groups -OCH3 is 1. The standard InChI is InChI=1S/C20H27N5O2/c1-15-22-18(20(26)21-10-13-27-2)14-19(23-15)24-16-6-8-17(9-7-16)25-11-4-3-5-12-25/h6-9,14H,3-5,10-13H2,1-2H3,(H,21,26)(H,22,23,24). The van der Waals surface area contributed by atoms with Gasteiger partial charge in [0, 0.05) is 44.2 Å². The summed E-state index contributed by atoms with van der Waals surface area (Å²) in [4.78, 5) is 23.2. The number of nitrogens with one attached hydrogen (secondary N) is 2. The first-order valence-corrected chi connectivity index (χ1v) is 9.40. The summed E-state index contributed by atoms with van der Waals surface area (Å²) in [5.74, 6) is 0.910. The first-order valence-electron chi connectivity index (χ1n) is 9.40. The van der Waals surface area contributed by atoms with Crippen LogP contribution in [0.25, 0.3) is 0 Å². The number of hydrogen-bond donors (Lipinski definition) is 2. The zero-order valence-electron chi connectivity index (χ0n) is 16.0. The maximum Gasteiger partial charge on any atom is 0.270 e. The number of aromatic nitrogens is 2. The van der Waals surface area contributed by atoms with Crippen molar-refractivity contribution in [3.8, 4) is 0 Å². The van der Waals surface area contributed by atoms with Crippen LogP contribution in [-0.4, -0.2) is 49.2 Å². The second-order valence-electron chi connectivity index (χ2n) is 6.65. The summed E-state index contributed by atoms with van der Waals surface area (Å²) in [6.07, 6.45) is 3.84. The highest BCUT2D eigenvalue weighted by molar-refractivity contribution is 5.93. The van der Waals surface area contributed by atoms with Gasteiger partial charge >= 0.3 is 0 Å². The fourth-order valence-electron chi connectivity index (χ4n) is 3.16. The zero-order valence-corrected chi connectivity index (χ0v) is 16.0. The molecule has 1 aliphatic heterocycles. The van der Waals surface area contributed by atoms with Gasteiger partial charge in [-0.2, -0.15) is 0 Å². The molecule has 144 valence electrons. The van der Waals surface area contributed by atoms with Crippen molar-refractivity contribution in [1.82, 2.24) is 15.3 Å². The van der Waals surface area contributed by atoms with Gasteiger partial charge in [-0.1, -0.05) is 0 Å². The van der Waals surface area contributed by atoms with Gasteiger partial charge in [-0.25, -0.2) is 9.97 Å². The van der Waals surface area contributed by atoms with Gasteiger partial charge in [-0.15, -0.1) is 0 Å². The summed E-state index contributed by atoms with van der Waals surface area (Å²) in [6.45, 7) is 4.93. The molecule has 0 bridgehead atoms. The summed E-state index contributed by atoms with van der Waals surface area (Å²) >= 11 is 0. The van der Waals surface area contributed by atoms with Crippen LogP contribution in [0.5, 0.6) is 0 Å². The fraction of sp³-hybridized carbons (Fsp3) is 0.450. The number of anilines is 3. The van der Waals surface area contributed by atoms with Gasteiger partial charge in [0.1, 0.15) is 17.3 Å². The van der Waals surface area contributed by atoms with E-state index in [-0.39, 0.29) is 5.91 Å². The van der Waals surface area contributed by atoms with E-state index in [1.165, 1.54) is 24.9 Å². The van der Waals surface area contributed by atoms with Crippen molar-refractivity contribution in [3.05, 3.63) is 41.9 Å². The van der Waals surface area contributed by atoms with Crippen molar-refractivity contribution in [2.45, 2.75) is 26.2 Å². The second-order valence-corrected chi connectivity index (χ2v) is 6.65. The largest absolute Gasteiger partial charge is 0.383 e. The average Bonchev–Trinajstić information content (AvgIpc) is 2.69. The number of carbonyl (C=O) groups is 1. The summed E-state index contributed by atoms with van der Waals surface area (Å²) in [5.41, 5.74) is 2.52. The predicted molar refractivity (Wildman–Crippen MR) is 107 cm³/mol. The lowest BCUT2D eigenvalue weighted by atomic mass is 10.1. The van der Waals surface area contributed by atoms with Gasteiger partial charge in [-0.05, 0) is 50.5 Å². The van der Waals surface area contributed by atoms with Gasteiger partial charge in [0.25, 0.3) is 5.91 Å². The van der Waals surface area contributed by atoms with E-state index in [0.717, 1.165) is 18.8 Å². The van der Waals surface area contributed by atoms with Crippen molar-refractivity contribution in [2.24, 2.45) is 0 Å². The number of benzene rings is 1. The van der Waals surface area contributed by atoms with Gasteiger partial charge in [0.15, 0.2) is 0 Å². The van der Waals surface area contributed by atoms with Crippen LogP contribution in [0.3, 0.4) is 0 Å². The number of nitrogens with zero attached hydrogens (tertiary/aromatic N) is 3. The molecule has 0 aliphatic carbocycles. The van der Waals surface area contributed by atoms with E-state index >= 15 is 0 Å². The van der Waals surface area contributed by atoms with Crippen LogP contribution in [0.1, 0.15) is 35.6 Å². The zero-order chi connectivity index (χ0) is 19.1. The molecule has 1 saturated heterocycles. The van der Waals surface area contributed by atoms with Gasteiger partial charge < -0.3 is 20.3 Å². The van der Waals surface area contributed by atoms with Crippen LogP contribution in [-0.2, 0) is 4.74 Å². The first-order chi connectivity index (χ1) is 13.2. The Bertz CT molecular complexity index is 757. The molecule has 7 heteroatoms. The number of hydrogen-bond acceptors (Lipinski definition) is 6. The molecule has 1 aromatic carbocycles. The highest BCUT2D eigenvalue weighted by Crippen LogP contribution is 2.23. The Kier molecular flexibility index (Phi) is 6.59. The molecule has 1 amide bonds. The molecule has 1 aromatic heterocycles. The number of piperidine rings is 1. The summed E-state index contributed by atoms with van der Waals surface area (Å²) in [5, 5.41) is 6.04. The van der Waals surface area contributed by atoms with Crippen LogP contribution in [0, 0.1) is 6.92 Å². The van der Waals surface area contributed by atoms with E-state index in [1.54, 1.807) is 20.1 Å². The second kappa shape index (κ2) is 9.32. The third-order valence-electron chi connectivity index (χ3n) is 4.52. The molecule has 0 saturated carbocycles. The first kappa shape index (κ1) is 19.1. The minimum atomic E-state index is -0.235. The van der Waals surface area contributed by atoms with Gasteiger partial charge in [-0.3, -0.25) is 4.79 Å². The van der Waals surface area contributed by atoms with Crippen LogP contribution in [0.4, 0.5) is 17.2 Å². The Labute approximate surface area is 160 Å². The Morgan fingerprint density at radius 2 is 1.89 bits per heavy atom. The topological polar surface area (TPSA) is 79.4 Å². The van der Waals surface area contributed by atoms with E-state index in [2.05, 4.69) is 37.6 Å². The molecular weight excluding hydrogens is 342 g/mol. The molecule has 0 unspecified atom stereocenters. The summed E-state index contributed by atoms with van der Waals surface area (Å²) < 4.78 is 4.94. The molecule has 0 radical (unpaired) electrons. The maximum atomic E-state index is 12.2. The summed E-state index contributed by atoms with van der Waals surface area (Å²) in [7, 11) is 1.60. The van der Waals surface area contributed by atoms with E-state index in [0.29, 0.717) is 30.5 Å². The SMILES string of the molecule is COCCNC(=O)c1cc(Nc2ccc(N3CCCCC3)cc2)nc(C)n1. The Morgan fingerprint density at radius 3 is 2.59 bits per heavy atom. The van der Waals surface area contributed by atoms with E-state index in [4.69, 9.17) is 4.74 Å². The molecule has 0 atom stereocenters. The van der Waals surface area contributed by atoms with Crippen LogP contribution in [0.15, 0.2) is 30.3 Å². The van der Waals surface area contributed by atoms with Crippen molar-refractivity contribution in [1.29, 1.82) is 0 Å². The highest BCUT2D eigenvalue weighted by Gasteiger charge is 2.12. The minimum absolute atomic E-state index is 0.235. The monoisotopic (exact) mass is 369 g/mol. The van der Waals surface area contributed by atoms with Gasteiger partial charge in [0.05, 0.1) is 6.61 Å². The van der Waals surface area contributed by atoms with E-state index < -0.39 is 0 Å². The third kappa shape index (κ3) is 5.40. The molecule has 2 heterocycles. The third-order valence-corrected chi connectivity index (χ3v) is 4.52. The molecule has 7 nitrogen and oxygen atoms in total. The molecule has 2 aromatic rings. The number of aryl methyl sites for hydroxylation is 1. The predicted octanol–water partition coefficient (Wildman–Crippen LogP) is 2.90. The summed E-state index contributed by atoms with van der Waals surface area (Å²) in [6, 6.07) is 9.99. The minimum Gasteiger partial charge on any atom is -0.383 e. The number of amides is 1. The van der Waals surface area contributed by atoms with Crippen molar-refractivity contribution < 1.29 is 9.53 Å². The maximum absolute atomic E-state index is 12.2. The average molecular weight is 369 g/mol.